The molecule has 0 aliphatic heterocycles. The normalized spacial score (nSPS) is 12.7. The monoisotopic (exact) mass is 697 g/mol. The van der Waals surface area contributed by atoms with Gasteiger partial charge in [0.2, 0.25) is 11.8 Å². The molecule has 3 aromatic carbocycles. The van der Waals surface area contributed by atoms with Crippen LogP contribution in [0.15, 0.2) is 76.1 Å². The van der Waals surface area contributed by atoms with Gasteiger partial charge in [0.05, 0.1) is 17.2 Å². The van der Waals surface area contributed by atoms with Crippen molar-refractivity contribution in [1.82, 2.24) is 10.2 Å². The summed E-state index contributed by atoms with van der Waals surface area (Å²) >= 11 is 16.2. The van der Waals surface area contributed by atoms with Gasteiger partial charge in [0.25, 0.3) is 10.0 Å². The summed E-state index contributed by atoms with van der Waals surface area (Å²) in [6, 6.07) is 16.4. The lowest BCUT2D eigenvalue weighted by molar-refractivity contribution is -0.139. The Morgan fingerprint density at radius 1 is 0.952 bits per heavy atom. The number of ether oxygens (including phenoxy) is 1. The first-order valence-electron chi connectivity index (χ1n) is 13.4. The summed E-state index contributed by atoms with van der Waals surface area (Å²) in [5.41, 5.74) is 0.697. The highest BCUT2D eigenvalue weighted by Crippen LogP contribution is 2.29. The molecule has 0 saturated carbocycles. The van der Waals surface area contributed by atoms with E-state index in [0.717, 1.165) is 4.31 Å². The van der Waals surface area contributed by atoms with Gasteiger partial charge in [0.1, 0.15) is 18.3 Å². The lowest BCUT2D eigenvalue weighted by Gasteiger charge is -2.33. The van der Waals surface area contributed by atoms with Gasteiger partial charge in [-0.1, -0.05) is 52.1 Å². The van der Waals surface area contributed by atoms with E-state index < -0.39 is 28.5 Å². The van der Waals surface area contributed by atoms with Gasteiger partial charge in [0, 0.05) is 32.7 Å². The van der Waals surface area contributed by atoms with E-state index >= 15 is 0 Å². The van der Waals surface area contributed by atoms with Crippen LogP contribution in [0.2, 0.25) is 10.0 Å². The number of carbonyl (C=O) groups excluding carboxylic acids is 2. The molecule has 0 unspecified atom stereocenters. The number of hydrogen-bond donors (Lipinski definition) is 1. The lowest BCUT2D eigenvalue weighted by atomic mass is 10.1. The van der Waals surface area contributed by atoms with Crippen LogP contribution in [0.5, 0.6) is 5.75 Å². The molecule has 1 N–H and O–H groups in total. The van der Waals surface area contributed by atoms with E-state index in [1.54, 1.807) is 61.5 Å². The van der Waals surface area contributed by atoms with Crippen LogP contribution in [-0.2, 0) is 26.2 Å². The highest BCUT2D eigenvalue weighted by atomic mass is 79.9. The molecular formula is C30H34BrCl2N3O5S. The van der Waals surface area contributed by atoms with Gasteiger partial charge in [-0.05, 0) is 87.9 Å². The summed E-state index contributed by atoms with van der Waals surface area (Å²) in [7, 11) is -4.21. The zero-order chi connectivity index (χ0) is 31.0. The average Bonchev–Trinajstić information content (AvgIpc) is 2.96. The zero-order valence-electron chi connectivity index (χ0n) is 23.8. The van der Waals surface area contributed by atoms with Crippen molar-refractivity contribution in [2.75, 3.05) is 17.5 Å². The minimum atomic E-state index is -4.21. The summed E-state index contributed by atoms with van der Waals surface area (Å²) < 4.78 is 35.1. The molecule has 3 aromatic rings. The highest BCUT2D eigenvalue weighted by Gasteiger charge is 2.33. The Morgan fingerprint density at radius 3 is 2.10 bits per heavy atom. The van der Waals surface area contributed by atoms with Crippen molar-refractivity contribution in [3.8, 4) is 5.75 Å². The molecule has 2 amide bonds. The van der Waals surface area contributed by atoms with Gasteiger partial charge in [-0.3, -0.25) is 13.9 Å². The van der Waals surface area contributed by atoms with Crippen LogP contribution in [0.1, 0.15) is 39.7 Å². The number of sulfonamides is 1. The van der Waals surface area contributed by atoms with Gasteiger partial charge in [-0.25, -0.2) is 8.42 Å². The summed E-state index contributed by atoms with van der Waals surface area (Å²) in [5.74, 6) is -0.449. The smallest absolute Gasteiger partial charge is 0.264 e. The third-order valence-electron chi connectivity index (χ3n) is 6.67. The molecule has 0 aliphatic rings. The van der Waals surface area contributed by atoms with E-state index in [1.165, 1.54) is 17.0 Å². The predicted octanol–water partition coefficient (Wildman–Crippen LogP) is 6.68. The number of carbonyl (C=O) groups is 2. The standard InChI is InChI=1S/C30H34BrCl2N3O5S/c1-5-20(3)34-30(38)21(4)35(18-26-27(32)8-7-9-28(26)33)29(37)19-36(23-12-14-24(15-13-23)41-6-2)42(39,40)25-16-10-22(31)11-17-25/h7-17,20-21H,5-6,18-19H2,1-4H3,(H,34,38)/t20-,21-/m1/s1. The number of benzene rings is 3. The van der Waals surface area contributed by atoms with E-state index in [1.807, 2.05) is 20.8 Å². The van der Waals surface area contributed by atoms with Crippen molar-refractivity contribution in [2.45, 2.75) is 57.6 Å². The van der Waals surface area contributed by atoms with Crippen LogP contribution >= 0.6 is 39.1 Å². The Bertz CT molecular complexity index is 1470. The molecule has 226 valence electrons. The van der Waals surface area contributed by atoms with Crippen LogP contribution in [0.3, 0.4) is 0 Å². The quantitative estimate of drug-likeness (QED) is 0.215. The molecule has 0 spiro atoms. The van der Waals surface area contributed by atoms with Crippen LogP contribution in [0.4, 0.5) is 5.69 Å². The number of anilines is 1. The highest BCUT2D eigenvalue weighted by molar-refractivity contribution is 9.10. The number of nitrogens with one attached hydrogen (secondary N) is 1. The summed E-state index contributed by atoms with van der Waals surface area (Å²) in [6.07, 6.45) is 0.694. The van der Waals surface area contributed by atoms with Crippen molar-refractivity contribution in [3.63, 3.8) is 0 Å². The largest absolute Gasteiger partial charge is 0.494 e. The van der Waals surface area contributed by atoms with Gasteiger partial charge in [-0.2, -0.15) is 0 Å². The third-order valence-corrected chi connectivity index (χ3v) is 9.70. The van der Waals surface area contributed by atoms with Crippen LogP contribution < -0.4 is 14.4 Å². The number of nitrogens with zero attached hydrogens (tertiary/aromatic N) is 2. The Hall–Kier alpha value is -2.79. The van der Waals surface area contributed by atoms with Crippen molar-refractivity contribution >= 4 is 66.7 Å². The molecule has 0 bridgehead atoms. The Labute approximate surface area is 266 Å². The maximum absolute atomic E-state index is 14.1. The first-order valence-corrected chi connectivity index (χ1v) is 16.4. The molecule has 0 aliphatic carbocycles. The maximum atomic E-state index is 14.1. The van der Waals surface area contributed by atoms with Crippen molar-refractivity contribution in [3.05, 3.63) is 86.8 Å². The second-order valence-electron chi connectivity index (χ2n) is 9.61. The predicted molar refractivity (Wildman–Crippen MR) is 171 cm³/mol. The Morgan fingerprint density at radius 2 is 1.55 bits per heavy atom. The van der Waals surface area contributed by atoms with Crippen molar-refractivity contribution < 1.29 is 22.7 Å². The fraction of sp³-hybridized carbons (Fsp3) is 0.333. The fourth-order valence-corrected chi connectivity index (χ4v) is 6.24. The van der Waals surface area contributed by atoms with Crippen molar-refractivity contribution in [2.24, 2.45) is 0 Å². The molecule has 2 atom stereocenters. The Balaban J connectivity index is 2.07. The van der Waals surface area contributed by atoms with E-state index in [-0.39, 0.29) is 29.1 Å². The molecule has 0 radical (unpaired) electrons. The molecule has 3 rings (SSSR count). The second-order valence-corrected chi connectivity index (χ2v) is 13.2. The minimum Gasteiger partial charge on any atom is -0.494 e. The minimum absolute atomic E-state index is 0.00403. The summed E-state index contributed by atoms with van der Waals surface area (Å²) in [6.45, 7) is 6.97. The van der Waals surface area contributed by atoms with Crippen LogP contribution in [0.25, 0.3) is 0 Å². The van der Waals surface area contributed by atoms with E-state index in [0.29, 0.717) is 38.9 Å². The number of amides is 2. The van der Waals surface area contributed by atoms with Crippen molar-refractivity contribution in [1.29, 1.82) is 0 Å². The number of rotatable bonds is 13. The number of hydrogen-bond acceptors (Lipinski definition) is 5. The molecule has 12 heteroatoms. The summed E-state index contributed by atoms with van der Waals surface area (Å²) in [5, 5.41) is 3.54. The molecule has 42 heavy (non-hydrogen) atoms. The van der Waals surface area contributed by atoms with Gasteiger partial charge < -0.3 is 15.0 Å². The molecule has 0 aromatic heterocycles. The van der Waals surface area contributed by atoms with Crippen LogP contribution in [-0.4, -0.2) is 50.4 Å². The molecule has 0 heterocycles. The van der Waals surface area contributed by atoms with Gasteiger partial charge in [-0.15, -0.1) is 0 Å². The first kappa shape index (κ1) is 33.7. The van der Waals surface area contributed by atoms with Gasteiger partial charge in [0.15, 0.2) is 0 Å². The summed E-state index contributed by atoms with van der Waals surface area (Å²) in [4.78, 5) is 28.6. The zero-order valence-corrected chi connectivity index (χ0v) is 27.7. The third kappa shape index (κ3) is 8.40. The lowest BCUT2D eigenvalue weighted by Crippen LogP contribution is -2.52. The van der Waals surface area contributed by atoms with E-state index in [4.69, 9.17) is 27.9 Å². The maximum Gasteiger partial charge on any atom is 0.264 e. The number of halogens is 3. The topological polar surface area (TPSA) is 96.0 Å². The molecular weight excluding hydrogens is 665 g/mol. The molecule has 8 nitrogen and oxygen atoms in total. The second kappa shape index (κ2) is 15.1. The molecule has 0 fully saturated rings. The van der Waals surface area contributed by atoms with E-state index in [2.05, 4.69) is 21.2 Å². The van der Waals surface area contributed by atoms with Gasteiger partial charge >= 0.3 is 0 Å². The Kier molecular flexibility index (Phi) is 12.1. The SMILES string of the molecule is CCOc1ccc(N(CC(=O)N(Cc2c(Cl)cccc2Cl)[C@H](C)C(=O)N[C@H](C)CC)S(=O)(=O)c2ccc(Br)cc2)cc1. The fourth-order valence-electron chi connectivity index (χ4n) is 4.04. The molecule has 0 saturated heterocycles. The average molecular weight is 699 g/mol. The van der Waals surface area contributed by atoms with Crippen LogP contribution in [0, 0.1) is 0 Å². The van der Waals surface area contributed by atoms with E-state index in [9.17, 15) is 18.0 Å². The first-order chi connectivity index (χ1) is 19.9.